The molecule has 1 rings (SSSR count). The molecule has 1 aromatic heterocycles. The molecule has 5 heteroatoms. The Bertz CT molecular complexity index is 259. The third-order valence-electron chi connectivity index (χ3n) is 1.15. The fourth-order valence-corrected chi connectivity index (χ4v) is 1.92. The number of aryl methyl sites for hydroxylation is 1. The van der Waals surface area contributed by atoms with E-state index >= 15 is 0 Å². The number of carbonyl (C=O) groups is 1. The van der Waals surface area contributed by atoms with Crippen molar-refractivity contribution in [1.82, 2.24) is 9.59 Å². The molecule has 0 radical (unpaired) electrons. The Morgan fingerprint density at radius 3 is 2.91 bits per heavy atom. The Morgan fingerprint density at radius 1 is 1.73 bits per heavy atom. The first-order valence-electron chi connectivity index (χ1n) is 3.11. The number of carbonyl (C=O) groups excluding carboxylic acids is 1. The minimum Gasteiger partial charge on any atom is -0.288 e. The van der Waals surface area contributed by atoms with E-state index in [2.05, 4.69) is 9.59 Å². The van der Waals surface area contributed by atoms with Crippen molar-refractivity contribution in [3.8, 4) is 0 Å². The molecule has 0 aliphatic rings. The summed E-state index contributed by atoms with van der Waals surface area (Å²) in [5.41, 5.74) is 0.934. The Labute approximate surface area is 73.4 Å². The monoisotopic (exact) mass is 188 g/mol. The van der Waals surface area contributed by atoms with Crippen molar-refractivity contribution in [1.29, 1.82) is 0 Å². The summed E-state index contributed by atoms with van der Waals surface area (Å²) < 4.78 is 3.77. The minimum atomic E-state index is 0.137. The second-order valence-electron chi connectivity index (χ2n) is 2.06. The Morgan fingerprint density at radius 2 is 2.45 bits per heavy atom. The molecule has 60 valence electrons. The molecule has 0 saturated heterocycles. The zero-order valence-corrected chi connectivity index (χ0v) is 7.96. The average Bonchev–Trinajstić information content (AvgIpc) is 2.31. The van der Waals surface area contributed by atoms with E-state index in [1.807, 2.05) is 6.92 Å². The maximum Gasteiger partial charge on any atom is 0.186 e. The van der Waals surface area contributed by atoms with Gasteiger partial charge in [0.25, 0.3) is 0 Å². The lowest BCUT2D eigenvalue weighted by Crippen LogP contribution is -1.84. The van der Waals surface area contributed by atoms with Gasteiger partial charge in [-0.15, -0.1) is 5.10 Å². The van der Waals surface area contributed by atoms with Crippen LogP contribution in [-0.4, -0.2) is 14.7 Å². The van der Waals surface area contributed by atoms with E-state index < -0.39 is 0 Å². The summed E-state index contributed by atoms with van der Waals surface area (Å²) in [5.74, 6) is 0.707. The lowest BCUT2D eigenvalue weighted by atomic mass is 10.4. The maximum atomic E-state index is 10.6. The van der Waals surface area contributed by atoms with Gasteiger partial charge >= 0.3 is 0 Å². The smallest absolute Gasteiger partial charge is 0.186 e. The van der Waals surface area contributed by atoms with Crippen LogP contribution in [0.1, 0.15) is 17.5 Å². The molecule has 0 fully saturated rings. The Balaban J connectivity index is 2.51. The Hall–Kier alpha value is -0.420. The number of hydrogen-bond donors (Lipinski definition) is 0. The quantitative estimate of drug-likeness (QED) is 0.707. The van der Waals surface area contributed by atoms with Crippen LogP contribution in [0.25, 0.3) is 0 Å². The van der Waals surface area contributed by atoms with Gasteiger partial charge < -0.3 is 0 Å². The van der Waals surface area contributed by atoms with E-state index in [4.69, 9.17) is 0 Å². The van der Waals surface area contributed by atoms with Crippen LogP contribution < -0.4 is 0 Å². The molecule has 0 amide bonds. The van der Waals surface area contributed by atoms with Crippen molar-refractivity contribution in [2.75, 3.05) is 0 Å². The molecule has 0 saturated carbocycles. The first kappa shape index (κ1) is 8.67. The summed E-state index contributed by atoms with van der Waals surface area (Å²) in [6, 6.07) is 0. The lowest BCUT2D eigenvalue weighted by molar-refractivity contribution is -0.109. The van der Waals surface area contributed by atoms with Gasteiger partial charge in [-0.25, -0.2) is 0 Å². The van der Waals surface area contributed by atoms with Crippen LogP contribution in [0.3, 0.4) is 0 Å². The van der Waals surface area contributed by atoms with Crippen LogP contribution in [0.5, 0.6) is 0 Å². The zero-order valence-electron chi connectivity index (χ0n) is 6.33. The summed E-state index contributed by atoms with van der Waals surface area (Å²) in [5, 5.41) is 3.98. The molecule has 1 aromatic rings. The van der Waals surface area contributed by atoms with E-state index in [9.17, 15) is 4.79 Å². The average molecular weight is 188 g/mol. The van der Waals surface area contributed by atoms with Gasteiger partial charge in [-0.05, 0) is 18.5 Å². The molecule has 0 aromatic carbocycles. The van der Waals surface area contributed by atoms with Gasteiger partial charge in [-0.2, -0.15) is 0 Å². The number of aromatic nitrogens is 2. The molecule has 0 atom stereocenters. The van der Waals surface area contributed by atoms with Crippen molar-refractivity contribution >= 4 is 28.4 Å². The van der Waals surface area contributed by atoms with Crippen LogP contribution in [0.2, 0.25) is 0 Å². The number of nitrogens with zero attached hydrogens (tertiary/aromatic N) is 2. The van der Waals surface area contributed by atoms with E-state index in [0.29, 0.717) is 5.75 Å². The van der Waals surface area contributed by atoms with Crippen molar-refractivity contribution in [2.24, 2.45) is 0 Å². The fourth-order valence-electron chi connectivity index (χ4n) is 0.551. The van der Waals surface area contributed by atoms with Crippen molar-refractivity contribution in [2.45, 2.75) is 19.6 Å². The van der Waals surface area contributed by atoms with Gasteiger partial charge in [-0.3, -0.25) is 4.79 Å². The fraction of sp³-hybridized carbons (Fsp3) is 0.500. The molecule has 3 nitrogen and oxygen atoms in total. The van der Waals surface area contributed by atoms with E-state index in [-0.39, 0.29) is 5.12 Å². The molecule has 0 bridgehead atoms. The van der Waals surface area contributed by atoms with Crippen molar-refractivity contribution < 1.29 is 4.79 Å². The number of hydrogen-bond acceptors (Lipinski definition) is 5. The summed E-state index contributed by atoms with van der Waals surface area (Å²) in [4.78, 5) is 11.7. The van der Waals surface area contributed by atoms with Crippen LogP contribution in [0, 0.1) is 6.92 Å². The molecule has 1 heterocycles. The van der Waals surface area contributed by atoms with Gasteiger partial charge in [0, 0.05) is 12.7 Å². The SMILES string of the molecule is CC(=O)SCc1snnc1C. The van der Waals surface area contributed by atoms with Crippen LogP contribution in [0.15, 0.2) is 0 Å². The zero-order chi connectivity index (χ0) is 8.27. The van der Waals surface area contributed by atoms with E-state index in [1.54, 1.807) is 6.92 Å². The van der Waals surface area contributed by atoms with E-state index in [1.165, 1.54) is 23.3 Å². The summed E-state index contributed by atoms with van der Waals surface area (Å²) in [6.07, 6.45) is 0. The lowest BCUT2D eigenvalue weighted by Gasteiger charge is -1.91. The maximum absolute atomic E-state index is 10.6. The predicted molar refractivity (Wildman–Crippen MR) is 46.6 cm³/mol. The third kappa shape index (κ3) is 2.59. The first-order chi connectivity index (χ1) is 5.20. The van der Waals surface area contributed by atoms with Crippen molar-refractivity contribution in [3.05, 3.63) is 10.6 Å². The molecule has 0 aliphatic heterocycles. The molecule has 11 heavy (non-hydrogen) atoms. The second-order valence-corrected chi connectivity index (χ2v) is 4.05. The summed E-state index contributed by atoms with van der Waals surface area (Å²) >= 11 is 2.65. The van der Waals surface area contributed by atoms with Gasteiger partial charge in [0.15, 0.2) is 5.12 Å². The van der Waals surface area contributed by atoms with Crippen LogP contribution >= 0.6 is 23.3 Å². The minimum absolute atomic E-state index is 0.137. The molecule has 0 aliphatic carbocycles. The van der Waals surface area contributed by atoms with Gasteiger partial charge in [0.2, 0.25) is 0 Å². The highest BCUT2D eigenvalue weighted by atomic mass is 32.2. The number of rotatable bonds is 2. The van der Waals surface area contributed by atoms with Crippen molar-refractivity contribution in [3.63, 3.8) is 0 Å². The molecular weight excluding hydrogens is 180 g/mol. The van der Waals surface area contributed by atoms with Gasteiger partial charge in [0.1, 0.15) is 0 Å². The highest BCUT2D eigenvalue weighted by Gasteiger charge is 2.03. The van der Waals surface area contributed by atoms with Crippen LogP contribution in [0.4, 0.5) is 0 Å². The summed E-state index contributed by atoms with van der Waals surface area (Å²) in [6.45, 7) is 3.47. The topological polar surface area (TPSA) is 42.9 Å². The highest BCUT2D eigenvalue weighted by Crippen LogP contribution is 2.17. The third-order valence-corrected chi connectivity index (χ3v) is 3.00. The normalized spacial score (nSPS) is 10.0. The molecule has 0 N–H and O–H groups in total. The predicted octanol–water partition coefficient (Wildman–Crippen LogP) is 1.63. The highest BCUT2D eigenvalue weighted by molar-refractivity contribution is 8.12. The second kappa shape index (κ2) is 3.82. The standard InChI is InChI=1S/C6H8N2OS2/c1-4-6(11-8-7-4)3-10-5(2)9/h3H2,1-2H3. The van der Waals surface area contributed by atoms with Gasteiger partial charge in [0.05, 0.1) is 10.6 Å². The largest absolute Gasteiger partial charge is 0.288 e. The molecular formula is C6H8N2OS2. The van der Waals surface area contributed by atoms with E-state index in [0.717, 1.165) is 10.6 Å². The van der Waals surface area contributed by atoms with Gasteiger partial charge in [-0.1, -0.05) is 16.3 Å². The Kier molecular flexibility index (Phi) is 3.02. The number of thioether (sulfide) groups is 1. The first-order valence-corrected chi connectivity index (χ1v) is 4.87. The van der Waals surface area contributed by atoms with Crippen LogP contribution in [-0.2, 0) is 10.5 Å². The molecule has 0 spiro atoms. The molecule has 0 unspecified atom stereocenters. The summed E-state index contributed by atoms with van der Waals surface area (Å²) in [7, 11) is 0.